The van der Waals surface area contributed by atoms with E-state index in [0.717, 1.165) is 0 Å². The van der Waals surface area contributed by atoms with Crippen LogP contribution in [0.25, 0.3) is 11.1 Å². The fourth-order valence-electron chi connectivity index (χ4n) is 2.37. The predicted octanol–water partition coefficient (Wildman–Crippen LogP) is 4.50. The van der Waals surface area contributed by atoms with E-state index in [2.05, 4.69) is 72.0 Å². The van der Waals surface area contributed by atoms with E-state index in [0.29, 0.717) is 3.92 Å². The van der Waals surface area contributed by atoms with Gasteiger partial charge in [-0.3, -0.25) is 0 Å². The predicted molar refractivity (Wildman–Crippen MR) is 72.5 cm³/mol. The maximum atomic E-state index is 2.54. The molecule has 1 aliphatic carbocycles. The second-order valence-electron chi connectivity index (χ2n) is 3.99. The van der Waals surface area contributed by atoms with E-state index in [1.165, 1.54) is 27.8 Å². The first-order chi connectivity index (χ1) is 7.29. The molecule has 0 radical (unpaired) electrons. The standard InChI is InChI=1S/C14H11I/c1-9-5-4-8-11-10-6-2-3-7-12(10)14(15)13(9)11/h2-8,14H,1H3. The van der Waals surface area contributed by atoms with E-state index in [4.69, 9.17) is 0 Å². The Kier molecular flexibility index (Phi) is 2.09. The van der Waals surface area contributed by atoms with E-state index < -0.39 is 0 Å². The Balaban J connectivity index is 2.37. The van der Waals surface area contributed by atoms with Gasteiger partial charge in [-0.15, -0.1) is 0 Å². The number of benzene rings is 2. The number of rotatable bonds is 0. The Morgan fingerprint density at radius 3 is 2.53 bits per heavy atom. The lowest BCUT2D eigenvalue weighted by molar-refractivity contribution is 1.22. The molecule has 0 nitrogen and oxygen atoms in total. The van der Waals surface area contributed by atoms with Gasteiger partial charge in [0.1, 0.15) is 0 Å². The molecule has 0 aromatic heterocycles. The highest BCUT2D eigenvalue weighted by atomic mass is 127. The Morgan fingerprint density at radius 2 is 1.67 bits per heavy atom. The van der Waals surface area contributed by atoms with Gasteiger partial charge in [-0.2, -0.15) is 0 Å². The molecular formula is C14H11I. The topological polar surface area (TPSA) is 0 Å². The normalized spacial score (nSPS) is 17.3. The van der Waals surface area contributed by atoms with Gasteiger partial charge in [0.25, 0.3) is 0 Å². The van der Waals surface area contributed by atoms with Crippen molar-refractivity contribution in [3.8, 4) is 11.1 Å². The molecule has 0 fully saturated rings. The van der Waals surface area contributed by atoms with Crippen molar-refractivity contribution in [3.63, 3.8) is 0 Å². The molecule has 2 aromatic carbocycles. The minimum atomic E-state index is 0.523. The zero-order valence-corrected chi connectivity index (χ0v) is 10.7. The largest absolute Gasteiger partial charge is 0.0721 e. The van der Waals surface area contributed by atoms with Crippen molar-refractivity contribution in [3.05, 3.63) is 59.2 Å². The van der Waals surface area contributed by atoms with Crippen LogP contribution in [0.15, 0.2) is 42.5 Å². The lowest BCUT2D eigenvalue weighted by Gasteiger charge is -2.07. The van der Waals surface area contributed by atoms with Crippen molar-refractivity contribution < 1.29 is 0 Å². The maximum absolute atomic E-state index is 2.54. The second kappa shape index (κ2) is 3.34. The molecule has 15 heavy (non-hydrogen) atoms. The van der Waals surface area contributed by atoms with Gasteiger partial charge in [0.2, 0.25) is 0 Å². The van der Waals surface area contributed by atoms with Crippen LogP contribution >= 0.6 is 22.6 Å². The highest BCUT2D eigenvalue weighted by molar-refractivity contribution is 14.1. The van der Waals surface area contributed by atoms with Crippen LogP contribution in [0.2, 0.25) is 0 Å². The molecule has 1 heteroatoms. The van der Waals surface area contributed by atoms with Crippen LogP contribution in [0, 0.1) is 6.92 Å². The van der Waals surface area contributed by atoms with Crippen molar-refractivity contribution in [2.75, 3.05) is 0 Å². The molecule has 0 saturated heterocycles. The summed E-state index contributed by atoms with van der Waals surface area (Å²) in [5, 5.41) is 0. The summed E-state index contributed by atoms with van der Waals surface area (Å²) < 4.78 is 0.523. The first kappa shape index (κ1) is 9.40. The Bertz CT molecular complexity index is 529. The molecule has 3 rings (SSSR count). The lowest BCUT2D eigenvalue weighted by atomic mass is 10.0. The van der Waals surface area contributed by atoms with Crippen LogP contribution in [-0.4, -0.2) is 0 Å². The number of aryl methyl sites for hydroxylation is 1. The Hall–Kier alpha value is -0.830. The summed E-state index contributed by atoms with van der Waals surface area (Å²) in [7, 11) is 0. The maximum Gasteiger partial charge on any atom is 0.0623 e. The van der Waals surface area contributed by atoms with Crippen LogP contribution in [0.1, 0.15) is 20.6 Å². The Morgan fingerprint density at radius 1 is 0.933 bits per heavy atom. The first-order valence-corrected chi connectivity index (χ1v) is 6.36. The third-order valence-electron chi connectivity index (χ3n) is 3.10. The summed E-state index contributed by atoms with van der Waals surface area (Å²) in [5.41, 5.74) is 7.20. The number of fused-ring (bicyclic) bond motifs is 3. The van der Waals surface area contributed by atoms with Crippen molar-refractivity contribution in [1.29, 1.82) is 0 Å². The fraction of sp³-hybridized carbons (Fsp3) is 0.143. The van der Waals surface area contributed by atoms with Crippen LogP contribution in [0.3, 0.4) is 0 Å². The van der Waals surface area contributed by atoms with E-state index in [9.17, 15) is 0 Å². The van der Waals surface area contributed by atoms with Gasteiger partial charge in [0.05, 0.1) is 3.92 Å². The van der Waals surface area contributed by atoms with Crippen LogP contribution < -0.4 is 0 Å². The van der Waals surface area contributed by atoms with Crippen LogP contribution in [0.4, 0.5) is 0 Å². The molecule has 0 spiro atoms. The van der Waals surface area contributed by atoms with E-state index in [1.807, 2.05) is 0 Å². The summed E-state index contributed by atoms with van der Waals surface area (Å²) in [6.07, 6.45) is 0. The van der Waals surface area contributed by atoms with Crippen molar-refractivity contribution in [1.82, 2.24) is 0 Å². The van der Waals surface area contributed by atoms with Crippen molar-refractivity contribution >= 4 is 22.6 Å². The number of hydrogen-bond donors (Lipinski definition) is 0. The molecule has 1 atom stereocenters. The van der Waals surface area contributed by atoms with Gasteiger partial charge in [0.15, 0.2) is 0 Å². The smallest absolute Gasteiger partial charge is 0.0623 e. The highest BCUT2D eigenvalue weighted by Gasteiger charge is 2.26. The minimum absolute atomic E-state index is 0.523. The average molecular weight is 306 g/mol. The van der Waals surface area contributed by atoms with Gasteiger partial charge in [-0.1, -0.05) is 65.1 Å². The number of hydrogen-bond acceptors (Lipinski definition) is 0. The van der Waals surface area contributed by atoms with Crippen LogP contribution in [-0.2, 0) is 0 Å². The average Bonchev–Trinajstić information content (AvgIpc) is 2.55. The van der Waals surface area contributed by atoms with Gasteiger partial charge < -0.3 is 0 Å². The summed E-state index contributed by atoms with van der Waals surface area (Å²) in [4.78, 5) is 0. The van der Waals surface area contributed by atoms with Crippen molar-refractivity contribution in [2.24, 2.45) is 0 Å². The summed E-state index contributed by atoms with van der Waals surface area (Å²) >= 11 is 2.54. The molecule has 1 aliphatic rings. The number of halogens is 1. The number of alkyl halides is 1. The molecular weight excluding hydrogens is 295 g/mol. The van der Waals surface area contributed by atoms with Crippen molar-refractivity contribution in [2.45, 2.75) is 10.8 Å². The molecule has 74 valence electrons. The highest BCUT2D eigenvalue weighted by Crippen LogP contribution is 2.49. The molecule has 0 amide bonds. The molecule has 0 heterocycles. The third kappa shape index (κ3) is 1.26. The second-order valence-corrected chi connectivity index (χ2v) is 5.23. The fourth-order valence-corrected chi connectivity index (χ4v) is 3.74. The summed E-state index contributed by atoms with van der Waals surface area (Å²) in [6.45, 7) is 2.20. The minimum Gasteiger partial charge on any atom is -0.0721 e. The van der Waals surface area contributed by atoms with Gasteiger partial charge in [0, 0.05) is 0 Å². The molecule has 1 unspecified atom stereocenters. The quantitative estimate of drug-likeness (QED) is 0.496. The van der Waals surface area contributed by atoms with E-state index >= 15 is 0 Å². The SMILES string of the molecule is Cc1cccc2c1C(I)c1ccccc1-2. The zero-order valence-electron chi connectivity index (χ0n) is 8.50. The first-order valence-electron chi connectivity index (χ1n) is 5.12. The summed E-state index contributed by atoms with van der Waals surface area (Å²) in [6, 6.07) is 15.3. The molecule has 0 saturated carbocycles. The van der Waals surface area contributed by atoms with E-state index in [1.54, 1.807) is 0 Å². The summed E-state index contributed by atoms with van der Waals surface area (Å²) in [5.74, 6) is 0. The lowest BCUT2D eigenvalue weighted by Crippen LogP contribution is -1.88. The monoisotopic (exact) mass is 306 g/mol. The van der Waals surface area contributed by atoms with Gasteiger partial charge >= 0.3 is 0 Å². The van der Waals surface area contributed by atoms with Crippen LogP contribution in [0.5, 0.6) is 0 Å². The van der Waals surface area contributed by atoms with E-state index in [-0.39, 0.29) is 0 Å². The molecule has 0 N–H and O–H groups in total. The zero-order chi connectivity index (χ0) is 10.4. The van der Waals surface area contributed by atoms with Gasteiger partial charge in [-0.25, -0.2) is 0 Å². The Labute approximate surface area is 103 Å². The third-order valence-corrected chi connectivity index (χ3v) is 4.40. The molecule has 0 aliphatic heterocycles. The molecule has 0 bridgehead atoms. The van der Waals surface area contributed by atoms with Gasteiger partial charge in [-0.05, 0) is 34.7 Å². The molecule has 2 aromatic rings.